The summed E-state index contributed by atoms with van der Waals surface area (Å²) in [5.41, 5.74) is -0.116. The van der Waals surface area contributed by atoms with Crippen LogP contribution < -0.4 is 0 Å². The standard InChI is InChI=1S/C26H44O4/c1-5-17-21-14-16(27)10-12-26(21,4)20-11-13-25(3)18(15(2)6-9-22(28)29)7-8-19(25)23(20)24(17)30/h15-21,23-24,27,30H,5-14H2,1-4H3,(H,28,29)/t15-,16-,17?,18-,19+,20+,21+,23+,24-,25-,26-/m1/s1/i9D2,17D. The summed E-state index contributed by atoms with van der Waals surface area (Å²) in [5.74, 6) is -1.51. The van der Waals surface area contributed by atoms with E-state index in [2.05, 4.69) is 13.8 Å². The summed E-state index contributed by atoms with van der Waals surface area (Å²) in [6.45, 7) is 8.63. The molecular formula is C26H44O4. The molecule has 0 radical (unpaired) electrons. The van der Waals surface area contributed by atoms with E-state index in [0.717, 1.165) is 38.5 Å². The molecule has 0 aliphatic heterocycles. The quantitative estimate of drug-likeness (QED) is 0.574. The molecule has 0 spiro atoms. The second kappa shape index (κ2) is 8.06. The summed E-state index contributed by atoms with van der Waals surface area (Å²) in [7, 11) is 0. The van der Waals surface area contributed by atoms with Crippen LogP contribution in [0.15, 0.2) is 0 Å². The minimum Gasteiger partial charge on any atom is -0.481 e. The van der Waals surface area contributed by atoms with Crippen LogP contribution in [-0.2, 0) is 4.79 Å². The third-order valence-electron chi connectivity index (χ3n) is 10.4. The first kappa shape index (κ1) is 18.9. The summed E-state index contributed by atoms with van der Waals surface area (Å²) in [5, 5.41) is 31.6. The number of hydrogen-bond donors (Lipinski definition) is 3. The van der Waals surface area contributed by atoms with Crippen LogP contribution >= 0.6 is 0 Å². The topological polar surface area (TPSA) is 77.8 Å². The molecule has 172 valence electrons. The van der Waals surface area contributed by atoms with E-state index in [1.54, 1.807) is 0 Å². The maximum absolute atomic E-state index is 11.8. The van der Waals surface area contributed by atoms with Gasteiger partial charge in [-0.25, -0.2) is 0 Å². The van der Waals surface area contributed by atoms with Crippen molar-refractivity contribution in [2.75, 3.05) is 0 Å². The zero-order chi connectivity index (χ0) is 24.6. The van der Waals surface area contributed by atoms with Crippen molar-refractivity contribution in [2.45, 2.75) is 104 Å². The number of carboxylic acid groups (broad SMARTS) is 1. The Morgan fingerprint density at radius 3 is 2.43 bits per heavy atom. The molecular weight excluding hydrogens is 376 g/mol. The maximum atomic E-state index is 11.8. The fourth-order valence-electron chi connectivity index (χ4n) is 9.01. The van der Waals surface area contributed by atoms with E-state index in [0.29, 0.717) is 18.8 Å². The molecule has 0 bridgehead atoms. The van der Waals surface area contributed by atoms with E-state index in [1.165, 1.54) is 0 Å². The summed E-state index contributed by atoms with van der Waals surface area (Å²) < 4.78 is 25.4. The lowest BCUT2D eigenvalue weighted by atomic mass is 9.41. The molecule has 0 saturated heterocycles. The molecule has 1 unspecified atom stereocenters. The van der Waals surface area contributed by atoms with E-state index in [4.69, 9.17) is 2.74 Å². The summed E-state index contributed by atoms with van der Waals surface area (Å²) in [4.78, 5) is 11.4. The van der Waals surface area contributed by atoms with Crippen LogP contribution in [0.5, 0.6) is 0 Å². The van der Waals surface area contributed by atoms with Gasteiger partial charge >= 0.3 is 5.97 Å². The van der Waals surface area contributed by atoms with Gasteiger partial charge in [0.1, 0.15) is 0 Å². The van der Waals surface area contributed by atoms with Crippen LogP contribution in [-0.4, -0.2) is 33.5 Å². The Hall–Kier alpha value is -0.610. The molecule has 4 heteroatoms. The molecule has 0 aromatic carbocycles. The largest absolute Gasteiger partial charge is 0.481 e. The molecule has 30 heavy (non-hydrogen) atoms. The van der Waals surface area contributed by atoms with Crippen LogP contribution in [0.3, 0.4) is 0 Å². The van der Waals surface area contributed by atoms with E-state index >= 15 is 0 Å². The van der Waals surface area contributed by atoms with Crippen LogP contribution in [0, 0.1) is 52.2 Å². The molecule has 11 atom stereocenters. The molecule has 4 aliphatic rings. The van der Waals surface area contributed by atoms with Crippen molar-refractivity contribution in [1.82, 2.24) is 0 Å². The number of aliphatic hydroxyl groups is 2. The second-order valence-corrected chi connectivity index (χ2v) is 11.5. The number of rotatable bonds is 5. The minimum atomic E-state index is -2.22. The highest BCUT2D eigenvalue weighted by Gasteiger charge is 2.64. The lowest BCUT2D eigenvalue weighted by molar-refractivity contribution is -0.203. The number of fused-ring (bicyclic) bond motifs is 5. The van der Waals surface area contributed by atoms with Gasteiger partial charge < -0.3 is 15.3 Å². The molecule has 0 aromatic heterocycles. The van der Waals surface area contributed by atoms with Crippen molar-refractivity contribution in [2.24, 2.45) is 52.2 Å². The van der Waals surface area contributed by atoms with Gasteiger partial charge in [-0.15, -0.1) is 0 Å². The van der Waals surface area contributed by atoms with Crippen LogP contribution in [0.25, 0.3) is 0 Å². The van der Waals surface area contributed by atoms with Gasteiger partial charge in [0.05, 0.1) is 12.2 Å². The fraction of sp³-hybridized carbons (Fsp3) is 0.962. The normalized spacial score (nSPS) is 55.9. The van der Waals surface area contributed by atoms with Crippen LogP contribution in [0.1, 0.15) is 96.0 Å². The molecule has 4 fully saturated rings. The average Bonchev–Trinajstić information content (AvgIpc) is 3.09. The van der Waals surface area contributed by atoms with Crippen molar-refractivity contribution in [3.05, 3.63) is 0 Å². The second-order valence-electron chi connectivity index (χ2n) is 11.5. The predicted molar refractivity (Wildman–Crippen MR) is 118 cm³/mol. The fourth-order valence-corrected chi connectivity index (χ4v) is 9.01. The van der Waals surface area contributed by atoms with Crippen molar-refractivity contribution in [3.8, 4) is 0 Å². The molecule has 0 amide bonds. The van der Waals surface area contributed by atoms with Gasteiger partial charge in [0, 0.05) is 10.5 Å². The van der Waals surface area contributed by atoms with Gasteiger partial charge in [-0.1, -0.05) is 34.1 Å². The molecule has 0 aromatic rings. The Kier molecular flexibility index (Phi) is 5.08. The maximum Gasteiger partial charge on any atom is 0.303 e. The predicted octanol–water partition coefficient (Wildman–Crippen LogP) is 5.11. The zero-order valence-electron chi connectivity index (χ0n) is 22.2. The molecule has 4 saturated carbocycles. The first-order valence-electron chi connectivity index (χ1n) is 13.8. The highest BCUT2D eigenvalue weighted by atomic mass is 16.4. The number of carboxylic acids is 1. The van der Waals surface area contributed by atoms with E-state index < -0.39 is 24.3 Å². The SMILES string of the molecule is [2H]C([2H])(C[C@@H](C)[C@H]1CC[C@H]2[C@@H]3[C@H](O)C([2H])(CC)[C@@H]4C[C@H](O)CC[C@]4(C)[C@H]3CC[C@]12C)C(=O)O. The first-order chi connectivity index (χ1) is 15.2. The number of aliphatic carboxylic acids is 1. The van der Waals surface area contributed by atoms with Crippen molar-refractivity contribution in [3.63, 3.8) is 0 Å². The average molecular weight is 424 g/mol. The van der Waals surface area contributed by atoms with E-state index in [9.17, 15) is 21.5 Å². The van der Waals surface area contributed by atoms with Gasteiger partial charge in [-0.05, 0) is 104 Å². The van der Waals surface area contributed by atoms with Gasteiger partial charge in [0.2, 0.25) is 0 Å². The summed E-state index contributed by atoms with van der Waals surface area (Å²) in [6.07, 6.45) is 3.47. The van der Waals surface area contributed by atoms with Crippen LogP contribution in [0.2, 0.25) is 0 Å². The smallest absolute Gasteiger partial charge is 0.303 e. The number of aliphatic hydroxyl groups excluding tert-OH is 2. The lowest BCUT2D eigenvalue weighted by Gasteiger charge is -2.64. The minimum absolute atomic E-state index is 0.00158. The number of carbonyl (C=O) groups is 1. The van der Waals surface area contributed by atoms with Gasteiger partial charge in [-0.2, -0.15) is 0 Å². The zero-order valence-corrected chi connectivity index (χ0v) is 19.2. The molecule has 3 N–H and O–H groups in total. The lowest BCUT2D eigenvalue weighted by Crippen LogP contribution is -2.62. The summed E-state index contributed by atoms with van der Waals surface area (Å²) >= 11 is 0. The Labute approximate surface area is 187 Å². The number of hydrogen-bond acceptors (Lipinski definition) is 3. The third-order valence-corrected chi connectivity index (χ3v) is 10.4. The van der Waals surface area contributed by atoms with Crippen molar-refractivity contribution in [1.29, 1.82) is 0 Å². The van der Waals surface area contributed by atoms with Gasteiger partial charge in [0.15, 0.2) is 0 Å². The third kappa shape index (κ3) is 3.36. The van der Waals surface area contributed by atoms with Crippen molar-refractivity contribution < 1.29 is 24.2 Å². The Bertz CT molecular complexity index is 777. The van der Waals surface area contributed by atoms with Crippen molar-refractivity contribution >= 4 is 5.97 Å². The molecule has 4 aliphatic carbocycles. The Morgan fingerprint density at radius 1 is 1.10 bits per heavy atom. The Morgan fingerprint density at radius 2 is 1.77 bits per heavy atom. The van der Waals surface area contributed by atoms with Gasteiger partial charge in [0.25, 0.3) is 0 Å². The Balaban J connectivity index is 1.66. The highest BCUT2D eigenvalue weighted by Crippen LogP contribution is 2.69. The highest BCUT2D eigenvalue weighted by molar-refractivity contribution is 5.66. The van der Waals surface area contributed by atoms with E-state index in [-0.39, 0.29) is 52.9 Å². The molecule has 4 rings (SSSR count). The molecule has 4 nitrogen and oxygen atoms in total. The van der Waals surface area contributed by atoms with Crippen LogP contribution in [0.4, 0.5) is 0 Å². The summed E-state index contributed by atoms with van der Waals surface area (Å²) in [6, 6.07) is 0. The molecule has 0 heterocycles. The first-order valence-corrected chi connectivity index (χ1v) is 12.3. The monoisotopic (exact) mass is 423 g/mol. The van der Waals surface area contributed by atoms with Gasteiger partial charge in [-0.3, -0.25) is 4.79 Å². The van der Waals surface area contributed by atoms with E-state index in [1.807, 2.05) is 13.8 Å².